The molecule has 72 valence electrons. The van der Waals surface area contributed by atoms with E-state index in [-0.39, 0.29) is 21.9 Å². The zero-order valence-electron chi connectivity index (χ0n) is 6.86. The van der Waals surface area contributed by atoms with Crippen LogP contribution in [0.15, 0.2) is 11.2 Å². The molecule has 0 aliphatic heterocycles. The standard InChI is InChI=1S/C6H8ClN3O2S/c1-2-13(11,12)6-9-4(7)3-5(8)10-6/h3H,2H2,1H3,(H2,8,9,10). The molecule has 0 radical (unpaired) electrons. The Kier molecular flexibility index (Phi) is 2.72. The van der Waals surface area contributed by atoms with E-state index in [1.165, 1.54) is 13.0 Å². The van der Waals surface area contributed by atoms with E-state index in [0.717, 1.165) is 0 Å². The highest BCUT2D eigenvalue weighted by molar-refractivity contribution is 7.91. The summed E-state index contributed by atoms with van der Waals surface area (Å²) in [6, 6.07) is 1.29. The van der Waals surface area contributed by atoms with Crippen LogP contribution in [-0.4, -0.2) is 24.1 Å². The van der Waals surface area contributed by atoms with Gasteiger partial charge in [0.25, 0.3) is 0 Å². The Morgan fingerprint density at radius 2 is 2.15 bits per heavy atom. The van der Waals surface area contributed by atoms with Gasteiger partial charge in [-0.05, 0) is 0 Å². The normalized spacial score (nSPS) is 11.5. The van der Waals surface area contributed by atoms with E-state index in [2.05, 4.69) is 9.97 Å². The van der Waals surface area contributed by atoms with Crippen LogP contribution in [0.4, 0.5) is 5.82 Å². The third-order valence-electron chi connectivity index (χ3n) is 1.35. The molecule has 1 rings (SSSR count). The van der Waals surface area contributed by atoms with Gasteiger partial charge in [-0.3, -0.25) is 0 Å². The van der Waals surface area contributed by atoms with Crippen LogP contribution in [0.5, 0.6) is 0 Å². The number of anilines is 1. The van der Waals surface area contributed by atoms with Gasteiger partial charge in [0.2, 0.25) is 15.0 Å². The molecule has 5 nitrogen and oxygen atoms in total. The van der Waals surface area contributed by atoms with Crippen molar-refractivity contribution >= 4 is 27.3 Å². The van der Waals surface area contributed by atoms with Crippen LogP contribution < -0.4 is 5.73 Å². The van der Waals surface area contributed by atoms with Crippen molar-refractivity contribution in [2.24, 2.45) is 0 Å². The molecule has 0 aromatic carbocycles. The van der Waals surface area contributed by atoms with Crippen molar-refractivity contribution in [3.8, 4) is 0 Å². The molecule has 0 amide bonds. The second-order valence-corrected chi connectivity index (χ2v) is 4.86. The lowest BCUT2D eigenvalue weighted by molar-refractivity contribution is 0.588. The summed E-state index contributed by atoms with van der Waals surface area (Å²) in [6.45, 7) is 1.50. The van der Waals surface area contributed by atoms with Gasteiger partial charge in [-0.1, -0.05) is 18.5 Å². The average molecular weight is 222 g/mol. The molecule has 1 heterocycles. The number of aromatic nitrogens is 2. The van der Waals surface area contributed by atoms with E-state index in [0.29, 0.717) is 0 Å². The number of nitrogens with zero attached hydrogens (tertiary/aromatic N) is 2. The molecule has 13 heavy (non-hydrogen) atoms. The lowest BCUT2D eigenvalue weighted by atomic mass is 10.6. The summed E-state index contributed by atoms with van der Waals surface area (Å²) in [7, 11) is -3.43. The molecule has 0 aliphatic carbocycles. The minimum atomic E-state index is -3.43. The Hall–Kier alpha value is -0.880. The van der Waals surface area contributed by atoms with Gasteiger partial charge in [-0.15, -0.1) is 0 Å². The summed E-state index contributed by atoms with van der Waals surface area (Å²) in [6.07, 6.45) is 0. The summed E-state index contributed by atoms with van der Waals surface area (Å²) in [5.74, 6) is -0.0284. The molecular formula is C6H8ClN3O2S. The summed E-state index contributed by atoms with van der Waals surface area (Å²) in [4.78, 5) is 7.13. The van der Waals surface area contributed by atoms with Crippen LogP contribution in [0, 0.1) is 0 Å². The number of sulfone groups is 1. The Bertz CT molecular complexity index is 398. The first-order chi connectivity index (χ1) is 5.95. The molecule has 2 N–H and O–H groups in total. The molecule has 0 saturated carbocycles. The summed E-state index contributed by atoms with van der Waals surface area (Å²) >= 11 is 5.52. The fourth-order valence-corrected chi connectivity index (χ4v) is 1.66. The van der Waals surface area contributed by atoms with E-state index >= 15 is 0 Å². The van der Waals surface area contributed by atoms with Gasteiger partial charge in [0.1, 0.15) is 11.0 Å². The number of nitrogens with two attached hydrogens (primary N) is 1. The zero-order valence-corrected chi connectivity index (χ0v) is 8.43. The number of hydrogen-bond acceptors (Lipinski definition) is 5. The second-order valence-electron chi connectivity index (χ2n) is 2.30. The summed E-state index contributed by atoms with van der Waals surface area (Å²) in [5, 5.41) is -0.292. The average Bonchev–Trinajstić information content (AvgIpc) is 2.02. The SMILES string of the molecule is CCS(=O)(=O)c1nc(N)cc(Cl)n1. The third-order valence-corrected chi connectivity index (χ3v) is 3.05. The molecule has 0 bridgehead atoms. The summed E-state index contributed by atoms with van der Waals surface area (Å²) in [5.41, 5.74) is 5.31. The fourth-order valence-electron chi connectivity index (χ4n) is 0.682. The molecule has 0 saturated heterocycles. The van der Waals surface area contributed by atoms with Gasteiger partial charge in [0, 0.05) is 6.07 Å². The molecule has 0 atom stereocenters. The highest BCUT2D eigenvalue weighted by Gasteiger charge is 2.16. The molecule has 0 fully saturated rings. The molecule has 0 aliphatic rings. The quantitative estimate of drug-likeness (QED) is 0.581. The number of nitrogen functional groups attached to an aromatic ring is 1. The van der Waals surface area contributed by atoms with Gasteiger partial charge in [-0.25, -0.2) is 18.4 Å². The maximum atomic E-state index is 11.3. The number of hydrogen-bond donors (Lipinski definition) is 1. The molecule has 7 heteroatoms. The highest BCUT2D eigenvalue weighted by atomic mass is 35.5. The minimum absolute atomic E-state index is 0.0273. The van der Waals surface area contributed by atoms with E-state index in [1.807, 2.05) is 0 Å². The third kappa shape index (κ3) is 2.28. The van der Waals surface area contributed by atoms with Crippen LogP contribution in [0.1, 0.15) is 6.92 Å². The Balaban J connectivity index is 3.32. The Labute approximate surface area is 80.9 Å². The molecule has 0 spiro atoms. The maximum absolute atomic E-state index is 11.3. The van der Waals surface area contributed by atoms with E-state index in [1.54, 1.807) is 0 Å². The van der Waals surface area contributed by atoms with Gasteiger partial charge in [0.05, 0.1) is 5.75 Å². The molecule has 1 aromatic heterocycles. The monoisotopic (exact) mass is 221 g/mol. The van der Waals surface area contributed by atoms with Crippen LogP contribution >= 0.6 is 11.6 Å². The Morgan fingerprint density at radius 3 is 2.62 bits per heavy atom. The van der Waals surface area contributed by atoms with Crippen LogP contribution in [0.25, 0.3) is 0 Å². The highest BCUT2D eigenvalue weighted by Crippen LogP contribution is 2.12. The van der Waals surface area contributed by atoms with Gasteiger partial charge in [-0.2, -0.15) is 0 Å². The predicted molar refractivity (Wildman–Crippen MR) is 49.2 cm³/mol. The van der Waals surface area contributed by atoms with Gasteiger partial charge < -0.3 is 5.73 Å². The van der Waals surface area contributed by atoms with Crippen molar-refractivity contribution in [1.82, 2.24) is 9.97 Å². The van der Waals surface area contributed by atoms with Crippen LogP contribution in [0.3, 0.4) is 0 Å². The van der Waals surface area contributed by atoms with E-state index < -0.39 is 9.84 Å². The largest absolute Gasteiger partial charge is 0.384 e. The predicted octanol–water partition coefficient (Wildman–Crippen LogP) is 0.506. The maximum Gasteiger partial charge on any atom is 0.250 e. The lowest BCUT2D eigenvalue weighted by Gasteiger charge is -2.00. The fraction of sp³-hybridized carbons (Fsp3) is 0.333. The van der Waals surface area contributed by atoms with E-state index in [4.69, 9.17) is 17.3 Å². The lowest BCUT2D eigenvalue weighted by Crippen LogP contribution is -2.10. The zero-order chi connectivity index (χ0) is 10.1. The second kappa shape index (κ2) is 3.47. The molecule has 1 aromatic rings. The molecule has 0 unspecified atom stereocenters. The van der Waals surface area contributed by atoms with Crippen molar-refractivity contribution in [2.75, 3.05) is 11.5 Å². The van der Waals surface area contributed by atoms with Gasteiger partial charge >= 0.3 is 0 Å². The first-order valence-electron chi connectivity index (χ1n) is 3.48. The van der Waals surface area contributed by atoms with Crippen molar-refractivity contribution in [3.05, 3.63) is 11.2 Å². The number of halogens is 1. The van der Waals surface area contributed by atoms with Gasteiger partial charge in [0.15, 0.2) is 0 Å². The van der Waals surface area contributed by atoms with Crippen LogP contribution in [-0.2, 0) is 9.84 Å². The Morgan fingerprint density at radius 1 is 1.54 bits per heavy atom. The van der Waals surface area contributed by atoms with E-state index in [9.17, 15) is 8.42 Å². The van der Waals surface area contributed by atoms with Crippen molar-refractivity contribution < 1.29 is 8.42 Å². The smallest absolute Gasteiger partial charge is 0.250 e. The number of rotatable bonds is 2. The van der Waals surface area contributed by atoms with Crippen LogP contribution in [0.2, 0.25) is 5.15 Å². The first-order valence-corrected chi connectivity index (χ1v) is 5.51. The minimum Gasteiger partial charge on any atom is -0.384 e. The summed E-state index contributed by atoms with van der Waals surface area (Å²) < 4.78 is 22.5. The van der Waals surface area contributed by atoms with Crippen molar-refractivity contribution in [1.29, 1.82) is 0 Å². The topological polar surface area (TPSA) is 85.9 Å². The van der Waals surface area contributed by atoms with Crippen molar-refractivity contribution in [3.63, 3.8) is 0 Å². The molecular weight excluding hydrogens is 214 g/mol. The van der Waals surface area contributed by atoms with Crippen molar-refractivity contribution in [2.45, 2.75) is 12.1 Å². The first kappa shape index (κ1) is 10.2.